The third kappa shape index (κ3) is 6.55. The second-order valence-corrected chi connectivity index (χ2v) is 15.6. The summed E-state index contributed by atoms with van der Waals surface area (Å²) in [6, 6.07) is 5.62. The minimum Gasteiger partial charge on any atom is -0.496 e. The monoisotopic (exact) mass is 792 g/mol. The molecule has 58 heavy (non-hydrogen) atoms. The minimum absolute atomic E-state index is 0.0139. The number of benzene rings is 1. The van der Waals surface area contributed by atoms with E-state index in [0.717, 1.165) is 23.4 Å². The molecule has 5 aromatic rings. The predicted molar refractivity (Wildman–Crippen MR) is 206 cm³/mol. The second kappa shape index (κ2) is 14.2. The van der Waals surface area contributed by atoms with Gasteiger partial charge in [0.25, 0.3) is 17.7 Å². The average molecular weight is 793 g/mol. The molecule has 3 saturated heterocycles. The number of rotatable bonds is 10. The Morgan fingerprint density at radius 2 is 1.84 bits per heavy atom. The van der Waals surface area contributed by atoms with E-state index in [2.05, 4.69) is 25.6 Å². The summed E-state index contributed by atoms with van der Waals surface area (Å²) in [6.45, 7) is 5.61. The topological polar surface area (TPSA) is 185 Å². The lowest BCUT2D eigenvalue weighted by molar-refractivity contribution is -0.136. The number of pyridine rings is 1. The van der Waals surface area contributed by atoms with Gasteiger partial charge in [-0.3, -0.25) is 39.1 Å². The summed E-state index contributed by atoms with van der Waals surface area (Å²) < 4.78 is 31.2. The van der Waals surface area contributed by atoms with E-state index in [9.17, 15) is 24.0 Å². The summed E-state index contributed by atoms with van der Waals surface area (Å²) in [5.41, 5.74) is 2.02. The first-order valence-corrected chi connectivity index (χ1v) is 19.3. The van der Waals surface area contributed by atoms with Crippen molar-refractivity contribution in [1.29, 1.82) is 0 Å². The molecular weight excluding hydrogens is 752 g/mol. The van der Waals surface area contributed by atoms with E-state index >= 15 is 4.39 Å². The maximum atomic E-state index is 16.2. The molecule has 1 unspecified atom stereocenters. The fourth-order valence-electron chi connectivity index (χ4n) is 8.45. The molecular formula is C40H41FN10O7. The van der Waals surface area contributed by atoms with Crippen molar-refractivity contribution in [1.82, 2.24) is 39.1 Å². The average Bonchev–Trinajstić information content (AvgIpc) is 3.88. The molecule has 8 heterocycles. The number of piperidine rings is 2. The van der Waals surface area contributed by atoms with Crippen LogP contribution in [0.3, 0.4) is 0 Å². The van der Waals surface area contributed by atoms with Crippen LogP contribution in [0, 0.1) is 0 Å². The Morgan fingerprint density at radius 3 is 2.59 bits per heavy atom. The van der Waals surface area contributed by atoms with Crippen molar-refractivity contribution in [3.63, 3.8) is 0 Å². The van der Waals surface area contributed by atoms with E-state index in [-0.39, 0.29) is 67.3 Å². The molecule has 9 rings (SSSR count). The fourth-order valence-corrected chi connectivity index (χ4v) is 8.45. The summed E-state index contributed by atoms with van der Waals surface area (Å²) in [7, 11) is 1.39. The highest BCUT2D eigenvalue weighted by atomic mass is 19.1. The van der Waals surface area contributed by atoms with Gasteiger partial charge in [0.15, 0.2) is 11.3 Å². The number of likely N-dealkylation sites (tertiary alicyclic amines) is 1. The van der Waals surface area contributed by atoms with Gasteiger partial charge in [0.05, 0.1) is 49.3 Å². The van der Waals surface area contributed by atoms with Crippen LogP contribution in [-0.4, -0.2) is 121 Å². The van der Waals surface area contributed by atoms with Crippen molar-refractivity contribution in [2.45, 2.75) is 63.3 Å². The van der Waals surface area contributed by atoms with Crippen LogP contribution in [0.5, 0.6) is 11.5 Å². The first-order chi connectivity index (χ1) is 27.9. The molecule has 3 fully saturated rings. The Kier molecular flexibility index (Phi) is 9.09. The number of imidazole rings is 1. The Labute approximate surface area is 331 Å². The molecule has 4 aromatic heterocycles. The van der Waals surface area contributed by atoms with E-state index < -0.39 is 35.3 Å². The zero-order chi connectivity index (χ0) is 40.5. The minimum atomic E-state index is -1.49. The highest BCUT2D eigenvalue weighted by molar-refractivity contribution is 6.25. The van der Waals surface area contributed by atoms with Crippen LogP contribution in [0.25, 0.3) is 11.3 Å². The Bertz CT molecular complexity index is 2520. The van der Waals surface area contributed by atoms with Gasteiger partial charge < -0.3 is 24.1 Å². The number of aromatic nitrogens is 5. The highest BCUT2D eigenvalue weighted by Crippen LogP contribution is 2.41. The number of nitrogens with one attached hydrogen (secondary N) is 2. The lowest BCUT2D eigenvalue weighted by Crippen LogP contribution is -2.64. The van der Waals surface area contributed by atoms with Crippen LogP contribution >= 0.6 is 0 Å². The highest BCUT2D eigenvalue weighted by Gasteiger charge is 2.49. The quantitative estimate of drug-likeness (QED) is 0.197. The van der Waals surface area contributed by atoms with Crippen LogP contribution < -0.4 is 25.0 Å². The first kappa shape index (κ1) is 37.2. The molecule has 4 aliphatic rings. The number of methoxy groups -OCH3 is 1. The summed E-state index contributed by atoms with van der Waals surface area (Å²) in [4.78, 5) is 78.5. The van der Waals surface area contributed by atoms with Crippen LogP contribution in [0.15, 0.2) is 55.2 Å². The van der Waals surface area contributed by atoms with E-state index in [1.54, 1.807) is 41.7 Å². The Morgan fingerprint density at radius 1 is 1.05 bits per heavy atom. The van der Waals surface area contributed by atoms with E-state index in [1.807, 2.05) is 30.5 Å². The number of imide groups is 2. The molecule has 2 N–H and O–H groups in total. The fraction of sp³-hybridized carbons (Fsp3) is 0.400. The summed E-state index contributed by atoms with van der Waals surface area (Å²) in [5, 5.41) is 9.39. The maximum Gasteiger partial charge on any atom is 0.266 e. The van der Waals surface area contributed by atoms with Gasteiger partial charge in [0.1, 0.15) is 34.4 Å². The molecule has 0 bridgehead atoms. The van der Waals surface area contributed by atoms with Crippen LogP contribution in [0.1, 0.15) is 82.2 Å². The molecule has 0 spiro atoms. The maximum absolute atomic E-state index is 16.2. The van der Waals surface area contributed by atoms with Crippen molar-refractivity contribution in [2.24, 2.45) is 0 Å². The van der Waals surface area contributed by atoms with Gasteiger partial charge in [-0.2, -0.15) is 5.10 Å². The first-order valence-electron chi connectivity index (χ1n) is 19.3. The van der Waals surface area contributed by atoms with Crippen LogP contribution in [-0.2, 0) is 9.59 Å². The molecule has 0 saturated carbocycles. The molecule has 4 aliphatic heterocycles. The third-order valence-electron chi connectivity index (χ3n) is 11.2. The zero-order valence-corrected chi connectivity index (χ0v) is 32.1. The number of hydrogen-bond acceptors (Lipinski definition) is 12. The molecule has 300 valence electrons. The normalized spacial score (nSPS) is 19.8. The lowest BCUT2D eigenvalue weighted by atomic mass is 9.90. The number of fused-ring (bicyclic) bond motifs is 3. The van der Waals surface area contributed by atoms with Crippen molar-refractivity contribution in [3.8, 4) is 11.5 Å². The van der Waals surface area contributed by atoms with Gasteiger partial charge in [-0.25, -0.2) is 18.9 Å². The number of nitrogens with zero attached hydrogens (tertiary/aromatic N) is 8. The van der Waals surface area contributed by atoms with E-state index in [1.165, 1.54) is 17.8 Å². The number of hydrogen-bond donors (Lipinski definition) is 2. The predicted octanol–water partition coefficient (Wildman–Crippen LogP) is 3.23. The zero-order valence-electron chi connectivity index (χ0n) is 32.1. The number of amides is 5. The van der Waals surface area contributed by atoms with Gasteiger partial charge in [-0.15, -0.1) is 0 Å². The number of carbonyl (C=O) groups excluding carboxylic acids is 5. The van der Waals surface area contributed by atoms with Gasteiger partial charge >= 0.3 is 0 Å². The second-order valence-electron chi connectivity index (χ2n) is 15.6. The summed E-state index contributed by atoms with van der Waals surface area (Å²) >= 11 is 0. The van der Waals surface area contributed by atoms with Crippen molar-refractivity contribution in [2.75, 3.05) is 50.1 Å². The van der Waals surface area contributed by atoms with E-state index in [4.69, 9.17) is 14.5 Å². The van der Waals surface area contributed by atoms with Crippen molar-refractivity contribution in [3.05, 3.63) is 77.6 Å². The largest absolute Gasteiger partial charge is 0.496 e. The number of ether oxygens (including phenoxy) is 2. The van der Waals surface area contributed by atoms with Crippen molar-refractivity contribution >= 4 is 52.2 Å². The lowest BCUT2D eigenvalue weighted by Gasteiger charge is -2.48. The summed E-state index contributed by atoms with van der Waals surface area (Å²) in [6.07, 6.45) is 10.0. The third-order valence-corrected chi connectivity index (χ3v) is 11.2. The van der Waals surface area contributed by atoms with Gasteiger partial charge in [-0.05, 0) is 58.3 Å². The van der Waals surface area contributed by atoms with Crippen molar-refractivity contribution < 1.29 is 37.8 Å². The van der Waals surface area contributed by atoms with Crippen LogP contribution in [0.4, 0.5) is 15.8 Å². The molecule has 1 aromatic carbocycles. The number of alkyl halides is 1. The molecule has 0 radical (unpaired) electrons. The van der Waals surface area contributed by atoms with Gasteiger partial charge in [-0.1, -0.05) is 0 Å². The van der Waals surface area contributed by atoms with Gasteiger partial charge in [0, 0.05) is 61.5 Å². The van der Waals surface area contributed by atoms with Crippen LogP contribution in [0.2, 0.25) is 0 Å². The Balaban J connectivity index is 0.839. The number of halogens is 1. The smallest absolute Gasteiger partial charge is 0.266 e. The SMILES string of the molecule is COc1cc(N2CC(F)(CN3CCC(c4cn5cc(NC(=O)c6cnn7cccnc67)c(OC(C)C)cc5n4)CC3)C2)cc2c1C(=O)N(C1CCC(=O)NC1=O)C2=O. The molecule has 5 amide bonds. The number of anilines is 2. The Hall–Kier alpha value is -6.43. The molecule has 18 heteroatoms. The molecule has 1 atom stereocenters. The summed E-state index contributed by atoms with van der Waals surface area (Å²) in [5.74, 6) is -2.02. The molecule has 17 nitrogen and oxygen atoms in total. The standard InChI is InChI=1S/C40H41FN10O7/c1-22(2)58-30-15-32-44-27(17-48(32)18-28(30)45-36(53)26-16-43-50-10-4-9-42-35(26)50)23-7-11-47(12-8-23)19-40(41)20-49(21-40)24-13-25-34(31(14-24)57-3)39(56)51(38(25)55)29-5-6-33(52)46-37(29)54/h4,9-10,13-18,22-23,29H,5-8,11-12,19-21H2,1-3H3,(H,45,53)(H,46,52,54). The number of carbonyl (C=O) groups is 5. The van der Waals surface area contributed by atoms with E-state index in [0.29, 0.717) is 47.1 Å². The van der Waals surface area contributed by atoms with Gasteiger partial charge in [0.2, 0.25) is 11.8 Å². The molecule has 0 aliphatic carbocycles.